The van der Waals surface area contributed by atoms with Gasteiger partial charge >= 0.3 is 0 Å². The molecule has 0 aliphatic carbocycles. The third-order valence-corrected chi connectivity index (χ3v) is 3.52. The summed E-state index contributed by atoms with van der Waals surface area (Å²) in [6.45, 7) is 2.32. The number of pyridine rings is 2. The zero-order chi connectivity index (χ0) is 14.8. The zero-order valence-corrected chi connectivity index (χ0v) is 11.6. The fourth-order valence-electron chi connectivity index (χ4n) is 2.36. The molecule has 4 nitrogen and oxygen atoms in total. The van der Waals surface area contributed by atoms with Gasteiger partial charge in [0.25, 0.3) is 5.56 Å². The summed E-state index contributed by atoms with van der Waals surface area (Å²) in [5.41, 5.74) is 2.70. The lowest BCUT2D eigenvalue weighted by Gasteiger charge is -2.10. The van der Waals surface area contributed by atoms with Crippen LogP contribution in [0.3, 0.4) is 0 Å². The van der Waals surface area contributed by atoms with Crippen molar-refractivity contribution in [2.75, 3.05) is 0 Å². The smallest absolute Gasteiger partial charge is 0.268 e. The van der Waals surface area contributed by atoms with E-state index in [2.05, 4.69) is 4.98 Å². The van der Waals surface area contributed by atoms with E-state index in [0.717, 1.165) is 22.2 Å². The Morgan fingerprint density at radius 2 is 2.10 bits per heavy atom. The third-order valence-electron chi connectivity index (χ3n) is 3.52. The van der Waals surface area contributed by atoms with Crippen LogP contribution in [0.1, 0.15) is 16.8 Å². The van der Waals surface area contributed by atoms with Crippen LogP contribution in [0.15, 0.2) is 53.5 Å². The molecule has 0 fully saturated rings. The fourth-order valence-corrected chi connectivity index (χ4v) is 2.36. The molecule has 0 aliphatic rings. The number of aromatic nitrogens is 2. The Kier molecular flexibility index (Phi) is 3.25. The van der Waals surface area contributed by atoms with Crippen molar-refractivity contribution in [3.63, 3.8) is 0 Å². The van der Waals surface area contributed by atoms with Crippen LogP contribution in [-0.4, -0.2) is 9.55 Å². The molecule has 1 aromatic carbocycles. The lowest BCUT2D eigenvalue weighted by Crippen LogP contribution is -2.24. The minimum Gasteiger partial charge on any atom is -0.307 e. The standard InChI is InChI=1S/C17H13N3O/c1-12-4-6-15(10-18)17(21)20(12)11-13-5-7-16-14(9-13)3-2-8-19-16/h2-9H,11H2,1H3. The van der Waals surface area contributed by atoms with Crippen molar-refractivity contribution in [3.8, 4) is 6.07 Å². The highest BCUT2D eigenvalue weighted by Gasteiger charge is 2.07. The molecule has 102 valence electrons. The Morgan fingerprint density at radius 3 is 2.90 bits per heavy atom. The molecule has 0 saturated heterocycles. The van der Waals surface area contributed by atoms with E-state index in [1.54, 1.807) is 22.9 Å². The summed E-state index contributed by atoms with van der Waals surface area (Å²) >= 11 is 0. The van der Waals surface area contributed by atoms with Crippen LogP contribution in [0, 0.1) is 18.3 Å². The molecule has 0 aliphatic heterocycles. The maximum atomic E-state index is 12.2. The summed E-state index contributed by atoms with van der Waals surface area (Å²) in [5, 5.41) is 10.0. The molecule has 3 aromatic rings. The third kappa shape index (κ3) is 2.41. The van der Waals surface area contributed by atoms with Gasteiger partial charge in [0.15, 0.2) is 0 Å². The Labute approximate surface area is 121 Å². The molecule has 0 bridgehead atoms. The Morgan fingerprint density at radius 1 is 1.24 bits per heavy atom. The van der Waals surface area contributed by atoms with E-state index in [9.17, 15) is 4.79 Å². The van der Waals surface area contributed by atoms with E-state index in [-0.39, 0.29) is 11.1 Å². The van der Waals surface area contributed by atoms with Crippen molar-refractivity contribution >= 4 is 10.9 Å². The zero-order valence-electron chi connectivity index (χ0n) is 11.6. The van der Waals surface area contributed by atoms with Gasteiger partial charge in [0.1, 0.15) is 11.6 Å². The molecular weight excluding hydrogens is 262 g/mol. The van der Waals surface area contributed by atoms with Crippen molar-refractivity contribution in [2.45, 2.75) is 13.5 Å². The molecule has 3 rings (SSSR count). The molecule has 0 atom stereocenters. The van der Waals surface area contributed by atoms with Crippen LogP contribution in [0.5, 0.6) is 0 Å². The first-order valence-corrected chi connectivity index (χ1v) is 6.63. The van der Waals surface area contributed by atoms with Gasteiger partial charge < -0.3 is 4.57 Å². The minimum atomic E-state index is -0.246. The van der Waals surface area contributed by atoms with Crippen molar-refractivity contribution in [1.82, 2.24) is 9.55 Å². The van der Waals surface area contributed by atoms with E-state index in [1.807, 2.05) is 43.3 Å². The molecule has 0 saturated carbocycles. The number of hydrogen-bond donors (Lipinski definition) is 0. The van der Waals surface area contributed by atoms with Gasteiger partial charge in [-0.1, -0.05) is 12.1 Å². The van der Waals surface area contributed by atoms with Crippen LogP contribution >= 0.6 is 0 Å². The molecular formula is C17H13N3O. The molecule has 0 unspecified atom stereocenters. The first kappa shape index (κ1) is 13.1. The first-order valence-electron chi connectivity index (χ1n) is 6.63. The van der Waals surface area contributed by atoms with Crippen LogP contribution in [0.4, 0.5) is 0 Å². The van der Waals surface area contributed by atoms with Crippen molar-refractivity contribution in [3.05, 3.63) is 75.8 Å². The average Bonchev–Trinajstić information content (AvgIpc) is 2.51. The number of rotatable bonds is 2. The van der Waals surface area contributed by atoms with Gasteiger partial charge in [0, 0.05) is 17.3 Å². The fraction of sp³-hybridized carbons (Fsp3) is 0.118. The van der Waals surface area contributed by atoms with Crippen molar-refractivity contribution in [2.24, 2.45) is 0 Å². The molecule has 0 spiro atoms. The van der Waals surface area contributed by atoms with E-state index in [0.29, 0.717) is 6.54 Å². The van der Waals surface area contributed by atoms with Crippen molar-refractivity contribution < 1.29 is 0 Å². The molecule has 0 radical (unpaired) electrons. The van der Waals surface area contributed by atoms with Gasteiger partial charge in [-0.2, -0.15) is 5.26 Å². The molecule has 2 aromatic heterocycles. The second-order valence-electron chi connectivity index (χ2n) is 4.92. The molecule has 0 N–H and O–H groups in total. The Hall–Kier alpha value is -2.93. The second kappa shape index (κ2) is 5.22. The summed E-state index contributed by atoms with van der Waals surface area (Å²) in [6.07, 6.45) is 1.76. The lowest BCUT2D eigenvalue weighted by atomic mass is 10.1. The number of fused-ring (bicyclic) bond motifs is 1. The maximum Gasteiger partial charge on any atom is 0.268 e. The molecule has 0 amide bonds. The number of nitrogens with zero attached hydrogens (tertiary/aromatic N) is 3. The number of hydrogen-bond acceptors (Lipinski definition) is 3. The molecule has 2 heterocycles. The number of aryl methyl sites for hydroxylation is 1. The molecule has 21 heavy (non-hydrogen) atoms. The average molecular weight is 275 g/mol. The first-order chi connectivity index (χ1) is 10.2. The van der Waals surface area contributed by atoms with Crippen molar-refractivity contribution in [1.29, 1.82) is 5.26 Å². The minimum absolute atomic E-state index is 0.169. The summed E-state index contributed by atoms with van der Waals surface area (Å²) in [5.74, 6) is 0. The van der Waals surface area contributed by atoms with Crippen LogP contribution in [0.25, 0.3) is 10.9 Å². The van der Waals surface area contributed by atoms with E-state index in [4.69, 9.17) is 5.26 Å². The van der Waals surface area contributed by atoms with E-state index < -0.39 is 0 Å². The van der Waals surface area contributed by atoms with Crippen LogP contribution in [0.2, 0.25) is 0 Å². The monoisotopic (exact) mass is 275 g/mol. The van der Waals surface area contributed by atoms with Gasteiger partial charge in [-0.25, -0.2) is 0 Å². The van der Waals surface area contributed by atoms with E-state index >= 15 is 0 Å². The Balaban J connectivity index is 2.07. The van der Waals surface area contributed by atoms with Gasteiger partial charge in [0.05, 0.1) is 12.1 Å². The van der Waals surface area contributed by atoms with Gasteiger partial charge in [0.2, 0.25) is 0 Å². The highest BCUT2D eigenvalue weighted by atomic mass is 16.1. The van der Waals surface area contributed by atoms with Gasteiger partial charge in [-0.05, 0) is 42.8 Å². The topological polar surface area (TPSA) is 58.7 Å². The van der Waals surface area contributed by atoms with E-state index in [1.165, 1.54) is 0 Å². The van der Waals surface area contributed by atoms with Gasteiger partial charge in [-0.15, -0.1) is 0 Å². The van der Waals surface area contributed by atoms with Gasteiger partial charge in [-0.3, -0.25) is 9.78 Å². The highest BCUT2D eigenvalue weighted by Crippen LogP contribution is 2.14. The normalized spacial score (nSPS) is 10.5. The van der Waals surface area contributed by atoms with Crippen LogP contribution < -0.4 is 5.56 Å². The number of nitriles is 1. The second-order valence-corrected chi connectivity index (χ2v) is 4.92. The van der Waals surface area contributed by atoms with Crippen LogP contribution in [-0.2, 0) is 6.54 Å². The molecule has 4 heteroatoms. The SMILES string of the molecule is Cc1ccc(C#N)c(=O)n1Cc1ccc2ncccc2c1. The highest BCUT2D eigenvalue weighted by molar-refractivity contribution is 5.78. The lowest BCUT2D eigenvalue weighted by molar-refractivity contribution is 0.728. The summed E-state index contributed by atoms with van der Waals surface area (Å²) < 4.78 is 1.62. The summed E-state index contributed by atoms with van der Waals surface area (Å²) in [6, 6.07) is 15.1. The quantitative estimate of drug-likeness (QED) is 0.722. The maximum absolute atomic E-state index is 12.2. The Bertz CT molecular complexity index is 919. The number of benzene rings is 1. The predicted octanol–water partition coefficient (Wildman–Crippen LogP) is 2.62. The predicted molar refractivity (Wildman–Crippen MR) is 81.0 cm³/mol. The largest absolute Gasteiger partial charge is 0.307 e. The summed E-state index contributed by atoms with van der Waals surface area (Å²) in [7, 11) is 0. The summed E-state index contributed by atoms with van der Waals surface area (Å²) in [4.78, 5) is 16.5.